The zero-order valence-electron chi connectivity index (χ0n) is 9.56. The highest BCUT2D eigenvalue weighted by molar-refractivity contribution is 5.21. The van der Waals surface area contributed by atoms with Crippen LogP contribution in [0.1, 0.15) is 24.8 Å². The Labute approximate surface area is 97.4 Å². The van der Waals surface area contributed by atoms with Crippen molar-refractivity contribution >= 4 is 0 Å². The molecule has 0 aliphatic heterocycles. The van der Waals surface area contributed by atoms with Crippen LogP contribution in [0.2, 0.25) is 0 Å². The molecule has 0 amide bonds. The normalized spacial score (nSPS) is 15.6. The molecule has 0 atom stereocenters. The number of hydrogen-bond acceptors (Lipinski definition) is 1. The Morgan fingerprint density at radius 1 is 1.00 bits per heavy atom. The van der Waals surface area contributed by atoms with Gasteiger partial charge in [0.1, 0.15) is 0 Å². The summed E-state index contributed by atoms with van der Waals surface area (Å²) in [6, 6.07) is 10.3. The third-order valence-electron chi connectivity index (χ3n) is 2.69. The molecule has 0 aromatic heterocycles. The summed E-state index contributed by atoms with van der Waals surface area (Å²) >= 11 is 0. The first-order chi connectivity index (χ1) is 7.95. The second-order valence-electron chi connectivity index (χ2n) is 4.09. The van der Waals surface area contributed by atoms with Crippen LogP contribution in [0, 0.1) is 0 Å². The van der Waals surface area contributed by atoms with Gasteiger partial charge in [-0.15, -0.1) is 0 Å². The fourth-order valence-electron chi connectivity index (χ4n) is 1.79. The van der Waals surface area contributed by atoms with Crippen molar-refractivity contribution in [1.29, 1.82) is 0 Å². The fraction of sp³-hybridized carbons (Fsp3) is 0.333. The van der Waals surface area contributed by atoms with Crippen molar-refractivity contribution in [2.75, 3.05) is 6.61 Å². The molecule has 2 rings (SSSR count). The lowest BCUT2D eigenvalue weighted by Gasteiger charge is -2.04. The van der Waals surface area contributed by atoms with Gasteiger partial charge in [-0.2, -0.15) is 0 Å². The first-order valence-corrected chi connectivity index (χ1v) is 5.92. The molecule has 16 heavy (non-hydrogen) atoms. The molecule has 0 saturated carbocycles. The molecule has 0 radical (unpaired) electrons. The Hall–Kier alpha value is -1.34. The first kappa shape index (κ1) is 11.2. The minimum Gasteiger partial charge on any atom is -0.372 e. The van der Waals surface area contributed by atoms with Crippen molar-refractivity contribution in [3.05, 3.63) is 59.7 Å². The Morgan fingerprint density at radius 3 is 2.75 bits per heavy atom. The molecule has 1 aromatic carbocycles. The van der Waals surface area contributed by atoms with E-state index in [-0.39, 0.29) is 0 Å². The molecule has 0 bridgehead atoms. The Kier molecular flexibility index (Phi) is 4.38. The second kappa shape index (κ2) is 6.29. The molecule has 1 nitrogen and oxygen atoms in total. The third kappa shape index (κ3) is 3.67. The van der Waals surface area contributed by atoms with Crippen LogP contribution in [0.3, 0.4) is 0 Å². The molecular weight excluding hydrogens is 196 g/mol. The molecule has 0 spiro atoms. The van der Waals surface area contributed by atoms with Gasteiger partial charge in [0.25, 0.3) is 0 Å². The number of hydrogen-bond donors (Lipinski definition) is 0. The monoisotopic (exact) mass is 214 g/mol. The smallest absolute Gasteiger partial charge is 0.0721 e. The van der Waals surface area contributed by atoms with E-state index in [4.69, 9.17) is 4.74 Å². The van der Waals surface area contributed by atoms with Crippen LogP contribution in [-0.2, 0) is 11.3 Å². The predicted molar refractivity (Wildman–Crippen MR) is 67.2 cm³/mol. The molecule has 0 saturated heterocycles. The lowest BCUT2D eigenvalue weighted by molar-refractivity contribution is 0.144. The maximum Gasteiger partial charge on any atom is 0.0721 e. The van der Waals surface area contributed by atoms with Gasteiger partial charge in [-0.3, -0.25) is 0 Å². The predicted octanol–water partition coefficient (Wildman–Crippen LogP) is 3.87. The van der Waals surface area contributed by atoms with E-state index in [1.807, 2.05) is 18.2 Å². The fourth-order valence-corrected chi connectivity index (χ4v) is 1.79. The van der Waals surface area contributed by atoms with Crippen LogP contribution < -0.4 is 0 Å². The van der Waals surface area contributed by atoms with Crippen molar-refractivity contribution in [3.63, 3.8) is 0 Å². The third-order valence-corrected chi connectivity index (χ3v) is 2.69. The molecular formula is C15H18O. The number of rotatable bonds is 4. The maximum absolute atomic E-state index is 5.70. The van der Waals surface area contributed by atoms with E-state index >= 15 is 0 Å². The first-order valence-electron chi connectivity index (χ1n) is 5.92. The van der Waals surface area contributed by atoms with Crippen LogP contribution in [0.4, 0.5) is 0 Å². The molecule has 0 N–H and O–H groups in total. The highest BCUT2D eigenvalue weighted by Gasteiger charge is 1.97. The minimum absolute atomic E-state index is 0.700. The summed E-state index contributed by atoms with van der Waals surface area (Å²) in [7, 11) is 0. The second-order valence-corrected chi connectivity index (χ2v) is 4.09. The van der Waals surface area contributed by atoms with E-state index in [1.165, 1.54) is 30.4 Å². The van der Waals surface area contributed by atoms with Crippen molar-refractivity contribution in [2.45, 2.75) is 25.9 Å². The summed E-state index contributed by atoms with van der Waals surface area (Å²) in [6.07, 6.45) is 10.4. The van der Waals surface area contributed by atoms with Gasteiger partial charge in [-0.25, -0.2) is 0 Å². The van der Waals surface area contributed by atoms with Crippen LogP contribution in [-0.4, -0.2) is 6.61 Å². The standard InChI is InChI=1S/C15H18O/c1-2-5-9-14(8-4-1)12-16-13-15-10-6-3-7-11-15/h3-4,6-11H,1-2,5,12-13H2. The SMILES string of the molecule is C1=CC(COCc2ccccc2)=CCCC1. The van der Waals surface area contributed by atoms with E-state index < -0.39 is 0 Å². The number of benzene rings is 1. The summed E-state index contributed by atoms with van der Waals surface area (Å²) in [5, 5.41) is 0. The zero-order valence-corrected chi connectivity index (χ0v) is 9.56. The van der Waals surface area contributed by atoms with E-state index in [2.05, 4.69) is 30.4 Å². The highest BCUT2D eigenvalue weighted by atomic mass is 16.5. The van der Waals surface area contributed by atoms with Crippen LogP contribution in [0.15, 0.2) is 54.1 Å². The van der Waals surface area contributed by atoms with Crippen molar-refractivity contribution in [3.8, 4) is 0 Å². The van der Waals surface area contributed by atoms with Crippen molar-refractivity contribution < 1.29 is 4.74 Å². The van der Waals surface area contributed by atoms with Crippen LogP contribution in [0.25, 0.3) is 0 Å². The molecule has 1 heteroatoms. The van der Waals surface area contributed by atoms with Gasteiger partial charge in [-0.1, -0.05) is 48.6 Å². The number of allylic oxidation sites excluding steroid dienone is 2. The lowest BCUT2D eigenvalue weighted by Crippen LogP contribution is -1.97. The molecule has 1 aliphatic rings. The summed E-state index contributed by atoms with van der Waals surface area (Å²) < 4.78 is 5.70. The summed E-state index contributed by atoms with van der Waals surface area (Å²) in [5.41, 5.74) is 2.55. The van der Waals surface area contributed by atoms with Gasteiger partial charge in [0.2, 0.25) is 0 Å². The van der Waals surface area contributed by atoms with Crippen LogP contribution >= 0.6 is 0 Å². The zero-order chi connectivity index (χ0) is 11.1. The molecule has 1 aromatic rings. The largest absolute Gasteiger partial charge is 0.372 e. The summed E-state index contributed by atoms with van der Waals surface area (Å²) in [6.45, 7) is 1.43. The van der Waals surface area contributed by atoms with Crippen molar-refractivity contribution in [2.24, 2.45) is 0 Å². The molecule has 0 unspecified atom stereocenters. The molecule has 1 aliphatic carbocycles. The topological polar surface area (TPSA) is 9.23 Å². The maximum atomic E-state index is 5.70. The minimum atomic E-state index is 0.700. The van der Waals surface area contributed by atoms with Crippen LogP contribution in [0.5, 0.6) is 0 Å². The Bertz CT molecular complexity index is 362. The van der Waals surface area contributed by atoms with Gasteiger partial charge in [0.15, 0.2) is 0 Å². The van der Waals surface area contributed by atoms with Gasteiger partial charge in [0.05, 0.1) is 13.2 Å². The lowest BCUT2D eigenvalue weighted by atomic mass is 10.2. The van der Waals surface area contributed by atoms with E-state index in [9.17, 15) is 0 Å². The highest BCUT2D eigenvalue weighted by Crippen LogP contribution is 2.11. The van der Waals surface area contributed by atoms with Gasteiger partial charge < -0.3 is 4.74 Å². The van der Waals surface area contributed by atoms with Crippen molar-refractivity contribution in [1.82, 2.24) is 0 Å². The van der Waals surface area contributed by atoms with E-state index in [0.717, 1.165) is 6.61 Å². The quantitative estimate of drug-likeness (QED) is 0.739. The molecule has 0 heterocycles. The summed E-state index contributed by atoms with van der Waals surface area (Å²) in [5.74, 6) is 0. The Balaban J connectivity index is 1.77. The van der Waals surface area contributed by atoms with Gasteiger partial charge >= 0.3 is 0 Å². The summed E-state index contributed by atoms with van der Waals surface area (Å²) in [4.78, 5) is 0. The Morgan fingerprint density at radius 2 is 1.88 bits per heavy atom. The average molecular weight is 214 g/mol. The van der Waals surface area contributed by atoms with E-state index in [0.29, 0.717) is 6.61 Å². The van der Waals surface area contributed by atoms with Gasteiger partial charge in [0, 0.05) is 0 Å². The number of ether oxygens (including phenoxy) is 1. The van der Waals surface area contributed by atoms with E-state index in [1.54, 1.807) is 0 Å². The average Bonchev–Trinajstić information content (AvgIpc) is 2.59. The molecule has 84 valence electrons. The van der Waals surface area contributed by atoms with Gasteiger partial charge in [-0.05, 0) is 30.4 Å². The molecule has 0 fully saturated rings.